The highest BCUT2D eigenvalue weighted by atomic mass is 32.1. The molecule has 3 rings (SSSR count). The number of hydrogen-bond donors (Lipinski definition) is 1. The number of rotatable bonds is 4. The highest BCUT2D eigenvalue weighted by Crippen LogP contribution is 2.48. The van der Waals surface area contributed by atoms with E-state index in [-0.39, 0.29) is 29.1 Å². The second-order valence-electron chi connectivity index (χ2n) is 8.44. The molecule has 0 aliphatic heterocycles. The number of hydrogen-bond acceptors (Lipinski definition) is 4. The Balaban J connectivity index is 1.64. The van der Waals surface area contributed by atoms with Crippen LogP contribution in [0.15, 0.2) is 24.3 Å². The minimum Gasteiger partial charge on any atom is -0.344 e. The summed E-state index contributed by atoms with van der Waals surface area (Å²) in [7, 11) is 3.42. The molecule has 1 saturated carbocycles. The molecule has 1 heterocycles. The summed E-state index contributed by atoms with van der Waals surface area (Å²) < 4.78 is 0. The Bertz CT molecular complexity index is 863. The SMILES string of the molecule is Cc1nc(NC(=O)[C@@H]2C[C@H]2c2ccc(C(C)(C)C)cc2)sc1C(=O)N(C)C. The molecule has 6 heteroatoms. The smallest absolute Gasteiger partial charge is 0.265 e. The van der Waals surface area contributed by atoms with Crippen molar-refractivity contribution in [2.45, 2.75) is 45.4 Å². The van der Waals surface area contributed by atoms with Crippen LogP contribution in [0.3, 0.4) is 0 Å². The molecule has 27 heavy (non-hydrogen) atoms. The minimum absolute atomic E-state index is 0.0162. The van der Waals surface area contributed by atoms with E-state index in [2.05, 4.69) is 55.3 Å². The maximum Gasteiger partial charge on any atom is 0.265 e. The van der Waals surface area contributed by atoms with Crippen LogP contribution >= 0.6 is 11.3 Å². The van der Waals surface area contributed by atoms with Crippen molar-refractivity contribution < 1.29 is 9.59 Å². The summed E-state index contributed by atoms with van der Waals surface area (Å²) in [6.07, 6.45) is 0.856. The third-order valence-corrected chi connectivity index (χ3v) is 6.02. The Kier molecular flexibility index (Phi) is 5.12. The maximum atomic E-state index is 12.6. The first-order valence-corrected chi connectivity index (χ1v) is 10.00. The monoisotopic (exact) mass is 385 g/mol. The molecule has 0 saturated heterocycles. The summed E-state index contributed by atoms with van der Waals surface area (Å²) >= 11 is 1.24. The first-order chi connectivity index (χ1) is 12.6. The number of benzene rings is 1. The van der Waals surface area contributed by atoms with E-state index in [9.17, 15) is 9.59 Å². The maximum absolute atomic E-state index is 12.6. The number of nitrogens with one attached hydrogen (secondary N) is 1. The van der Waals surface area contributed by atoms with E-state index >= 15 is 0 Å². The average molecular weight is 386 g/mol. The molecule has 1 aliphatic carbocycles. The molecule has 2 atom stereocenters. The second kappa shape index (κ2) is 7.08. The lowest BCUT2D eigenvalue weighted by molar-refractivity contribution is -0.117. The number of aromatic nitrogens is 1. The molecule has 0 unspecified atom stereocenters. The van der Waals surface area contributed by atoms with Gasteiger partial charge in [0.1, 0.15) is 4.88 Å². The zero-order chi connectivity index (χ0) is 19.9. The van der Waals surface area contributed by atoms with Gasteiger partial charge in [-0.15, -0.1) is 0 Å². The van der Waals surface area contributed by atoms with Gasteiger partial charge in [-0.1, -0.05) is 56.4 Å². The number of carbonyl (C=O) groups excluding carboxylic acids is 2. The predicted octanol–water partition coefficient (Wildman–Crippen LogP) is 4.19. The van der Waals surface area contributed by atoms with E-state index in [1.807, 2.05) is 0 Å². The fourth-order valence-corrected chi connectivity index (χ4v) is 4.12. The predicted molar refractivity (Wildman–Crippen MR) is 109 cm³/mol. The molecular formula is C21H27N3O2S. The van der Waals surface area contributed by atoms with Crippen LogP contribution in [0, 0.1) is 12.8 Å². The van der Waals surface area contributed by atoms with Gasteiger partial charge in [0.25, 0.3) is 5.91 Å². The van der Waals surface area contributed by atoms with Crippen molar-refractivity contribution in [2.75, 3.05) is 19.4 Å². The number of anilines is 1. The molecule has 1 aromatic heterocycles. The zero-order valence-electron chi connectivity index (χ0n) is 16.8. The lowest BCUT2D eigenvalue weighted by atomic mass is 9.86. The van der Waals surface area contributed by atoms with E-state index in [0.717, 1.165) is 6.42 Å². The van der Waals surface area contributed by atoms with Crippen molar-refractivity contribution in [3.05, 3.63) is 46.0 Å². The molecular weight excluding hydrogens is 358 g/mol. The van der Waals surface area contributed by atoms with Crippen LogP contribution in [0.4, 0.5) is 5.13 Å². The second-order valence-corrected chi connectivity index (χ2v) is 9.44. The van der Waals surface area contributed by atoms with Crippen molar-refractivity contribution in [1.82, 2.24) is 9.88 Å². The van der Waals surface area contributed by atoms with Gasteiger partial charge in [-0.25, -0.2) is 4.98 Å². The van der Waals surface area contributed by atoms with E-state index < -0.39 is 0 Å². The molecule has 1 aromatic carbocycles. The summed E-state index contributed by atoms with van der Waals surface area (Å²) in [6.45, 7) is 8.38. The number of aryl methyl sites for hydroxylation is 1. The Hall–Kier alpha value is -2.21. The number of carbonyl (C=O) groups is 2. The number of nitrogens with zero attached hydrogens (tertiary/aromatic N) is 2. The molecule has 2 aromatic rings. The van der Waals surface area contributed by atoms with E-state index in [1.54, 1.807) is 21.0 Å². The molecule has 2 amide bonds. The Labute approximate surface area is 164 Å². The molecule has 0 radical (unpaired) electrons. The molecule has 0 spiro atoms. The molecule has 1 fully saturated rings. The normalized spacial score (nSPS) is 18.9. The van der Waals surface area contributed by atoms with Crippen molar-refractivity contribution in [3.8, 4) is 0 Å². The van der Waals surface area contributed by atoms with Crippen molar-refractivity contribution in [2.24, 2.45) is 5.92 Å². The van der Waals surface area contributed by atoms with Crippen LogP contribution in [0.2, 0.25) is 0 Å². The van der Waals surface area contributed by atoms with Gasteiger partial charge in [0.05, 0.1) is 5.69 Å². The molecule has 1 N–H and O–H groups in total. The molecule has 144 valence electrons. The van der Waals surface area contributed by atoms with Gasteiger partial charge in [0.2, 0.25) is 5.91 Å². The van der Waals surface area contributed by atoms with Gasteiger partial charge in [0.15, 0.2) is 5.13 Å². The summed E-state index contributed by atoms with van der Waals surface area (Å²) in [5.74, 6) is 0.136. The summed E-state index contributed by atoms with van der Waals surface area (Å²) in [5.41, 5.74) is 3.29. The van der Waals surface area contributed by atoms with Crippen LogP contribution in [-0.2, 0) is 10.2 Å². The van der Waals surface area contributed by atoms with Crippen LogP contribution in [0.1, 0.15) is 59.6 Å². The Morgan fingerprint density at radius 3 is 2.37 bits per heavy atom. The number of thiazole rings is 1. The zero-order valence-corrected chi connectivity index (χ0v) is 17.6. The van der Waals surface area contributed by atoms with Gasteiger partial charge in [-0.2, -0.15) is 0 Å². The Morgan fingerprint density at radius 1 is 1.19 bits per heavy atom. The first kappa shape index (κ1) is 19.5. The third-order valence-electron chi connectivity index (χ3n) is 4.96. The fraction of sp³-hybridized carbons (Fsp3) is 0.476. The van der Waals surface area contributed by atoms with Gasteiger partial charge in [-0.3, -0.25) is 9.59 Å². The van der Waals surface area contributed by atoms with E-state index in [0.29, 0.717) is 15.7 Å². The molecule has 5 nitrogen and oxygen atoms in total. The lowest BCUT2D eigenvalue weighted by Crippen LogP contribution is -2.21. The largest absolute Gasteiger partial charge is 0.344 e. The van der Waals surface area contributed by atoms with Gasteiger partial charge >= 0.3 is 0 Å². The van der Waals surface area contributed by atoms with E-state index in [4.69, 9.17) is 0 Å². The van der Waals surface area contributed by atoms with Crippen LogP contribution < -0.4 is 5.32 Å². The lowest BCUT2D eigenvalue weighted by Gasteiger charge is -2.19. The quantitative estimate of drug-likeness (QED) is 0.858. The van der Waals surface area contributed by atoms with Crippen LogP contribution in [-0.4, -0.2) is 35.8 Å². The van der Waals surface area contributed by atoms with Gasteiger partial charge in [0, 0.05) is 20.0 Å². The number of amides is 2. The third kappa shape index (κ3) is 4.21. The van der Waals surface area contributed by atoms with Crippen LogP contribution in [0.5, 0.6) is 0 Å². The van der Waals surface area contributed by atoms with Crippen molar-refractivity contribution in [3.63, 3.8) is 0 Å². The van der Waals surface area contributed by atoms with Gasteiger partial charge in [-0.05, 0) is 35.8 Å². The minimum atomic E-state index is -0.0891. The summed E-state index contributed by atoms with van der Waals surface area (Å²) in [5, 5.41) is 3.39. The van der Waals surface area contributed by atoms with Crippen molar-refractivity contribution in [1.29, 1.82) is 0 Å². The topological polar surface area (TPSA) is 62.3 Å². The van der Waals surface area contributed by atoms with Gasteiger partial charge < -0.3 is 10.2 Å². The highest BCUT2D eigenvalue weighted by molar-refractivity contribution is 7.17. The van der Waals surface area contributed by atoms with Crippen molar-refractivity contribution >= 4 is 28.3 Å². The highest BCUT2D eigenvalue weighted by Gasteiger charge is 2.44. The van der Waals surface area contributed by atoms with Crippen LogP contribution in [0.25, 0.3) is 0 Å². The average Bonchev–Trinajstić information content (AvgIpc) is 3.31. The summed E-state index contributed by atoms with van der Waals surface area (Å²) in [6, 6.07) is 8.59. The fourth-order valence-electron chi connectivity index (χ4n) is 3.13. The summed E-state index contributed by atoms with van der Waals surface area (Å²) in [4.78, 5) is 31.1. The Morgan fingerprint density at radius 2 is 1.81 bits per heavy atom. The standard InChI is InChI=1S/C21H27N3O2S/c1-12-17(19(26)24(5)6)27-20(22-12)23-18(25)16-11-15(16)13-7-9-14(10-8-13)21(2,3)4/h7-10,15-16H,11H2,1-6H3,(H,22,23,25)/t15-,16+/m0/s1. The van der Waals surface area contributed by atoms with E-state index in [1.165, 1.54) is 27.4 Å². The molecule has 0 bridgehead atoms. The molecule has 1 aliphatic rings. The first-order valence-electron chi connectivity index (χ1n) is 9.18.